The number of anilines is 1. The van der Waals surface area contributed by atoms with E-state index in [0.29, 0.717) is 49.7 Å². The maximum atomic E-state index is 14.1. The number of aryl methyl sites for hydroxylation is 1. The number of amides is 1. The van der Waals surface area contributed by atoms with Gasteiger partial charge in [-0.15, -0.1) is 16.8 Å². The maximum absolute atomic E-state index is 14.1. The van der Waals surface area contributed by atoms with Gasteiger partial charge in [0.1, 0.15) is 11.6 Å². The summed E-state index contributed by atoms with van der Waals surface area (Å²) in [4.78, 5) is 17.1. The third-order valence-electron chi connectivity index (χ3n) is 5.58. The zero-order chi connectivity index (χ0) is 22.5. The Balaban J connectivity index is 1.43. The van der Waals surface area contributed by atoms with E-state index < -0.39 is 0 Å². The van der Waals surface area contributed by atoms with Gasteiger partial charge in [-0.2, -0.15) is 0 Å². The third-order valence-corrected chi connectivity index (χ3v) is 6.59. The molecule has 0 saturated carbocycles. The number of piperazine rings is 1. The van der Waals surface area contributed by atoms with Crippen LogP contribution in [0, 0.1) is 12.7 Å². The van der Waals surface area contributed by atoms with E-state index in [1.807, 2.05) is 57.7 Å². The molecule has 3 aromatic rings. The highest BCUT2D eigenvalue weighted by Gasteiger charge is 2.25. The molecule has 1 saturated heterocycles. The Morgan fingerprint density at radius 2 is 1.81 bits per heavy atom. The number of benzene rings is 2. The summed E-state index contributed by atoms with van der Waals surface area (Å²) < 4.78 is 16.1. The number of hydrogen-bond acceptors (Lipinski definition) is 5. The molecule has 2 heterocycles. The van der Waals surface area contributed by atoms with Crippen molar-refractivity contribution in [3.05, 3.63) is 84.0 Å². The van der Waals surface area contributed by atoms with Gasteiger partial charge in [0.2, 0.25) is 0 Å². The second kappa shape index (κ2) is 9.99. The molecule has 4 rings (SSSR count). The van der Waals surface area contributed by atoms with Crippen molar-refractivity contribution in [3.63, 3.8) is 0 Å². The predicted molar refractivity (Wildman–Crippen MR) is 125 cm³/mol. The first kappa shape index (κ1) is 22.1. The molecule has 0 bridgehead atoms. The van der Waals surface area contributed by atoms with Crippen LogP contribution in [0.15, 0.2) is 66.3 Å². The second-order valence-corrected chi connectivity index (χ2v) is 8.55. The zero-order valence-corrected chi connectivity index (χ0v) is 18.9. The van der Waals surface area contributed by atoms with Gasteiger partial charge in [-0.05, 0) is 30.7 Å². The van der Waals surface area contributed by atoms with E-state index in [1.54, 1.807) is 23.9 Å². The van der Waals surface area contributed by atoms with Crippen LogP contribution in [0.5, 0.6) is 0 Å². The Bertz CT molecular complexity index is 1110. The van der Waals surface area contributed by atoms with E-state index in [1.165, 1.54) is 6.07 Å². The highest BCUT2D eigenvalue weighted by molar-refractivity contribution is 7.98. The molecule has 166 valence electrons. The maximum Gasteiger partial charge on any atom is 0.254 e. The highest BCUT2D eigenvalue weighted by Crippen LogP contribution is 2.26. The number of carbonyl (C=O) groups is 1. The smallest absolute Gasteiger partial charge is 0.254 e. The van der Waals surface area contributed by atoms with Gasteiger partial charge in [0, 0.05) is 44.0 Å². The van der Waals surface area contributed by atoms with Crippen LogP contribution in [0.25, 0.3) is 0 Å². The molecule has 1 aromatic heterocycles. The van der Waals surface area contributed by atoms with Crippen LogP contribution in [-0.2, 0) is 12.3 Å². The Morgan fingerprint density at radius 1 is 1.09 bits per heavy atom. The lowest BCUT2D eigenvalue weighted by atomic mass is 10.1. The fourth-order valence-electron chi connectivity index (χ4n) is 3.83. The monoisotopic (exact) mass is 451 g/mol. The number of halogens is 1. The van der Waals surface area contributed by atoms with Crippen LogP contribution in [-0.4, -0.2) is 51.8 Å². The quantitative estimate of drug-likeness (QED) is 0.399. The fraction of sp³-hybridized carbons (Fsp3) is 0.292. The number of para-hydroxylation sites is 1. The van der Waals surface area contributed by atoms with Crippen LogP contribution in [0.4, 0.5) is 10.1 Å². The number of rotatable bonds is 7. The fourth-order valence-corrected chi connectivity index (χ4v) is 4.83. The lowest BCUT2D eigenvalue weighted by Crippen LogP contribution is -2.49. The molecule has 0 atom stereocenters. The Labute approximate surface area is 191 Å². The van der Waals surface area contributed by atoms with Gasteiger partial charge in [-0.25, -0.2) is 4.39 Å². The van der Waals surface area contributed by atoms with Gasteiger partial charge in [0.25, 0.3) is 5.91 Å². The number of carbonyl (C=O) groups excluding carboxylic acids is 1. The summed E-state index contributed by atoms with van der Waals surface area (Å²) in [6.07, 6.45) is 1.82. The molecule has 32 heavy (non-hydrogen) atoms. The van der Waals surface area contributed by atoms with E-state index in [4.69, 9.17) is 0 Å². The summed E-state index contributed by atoms with van der Waals surface area (Å²) in [6, 6.07) is 14.5. The zero-order valence-electron chi connectivity index (χ0n) is 18.1. The molecule has 0 spiro atoms. The normalized spacial score (nSPS) is 13.9. The molecule has 0 aliphatic carbocycles. The van der Waals surface area contributed by atoms with Crippen molar-refractivity contribution in [3.8, 4) is 0 Å². The molecule has 1 aliphatic heterocycles. The first-order valence-electron chi connectivity index (χ1n) is 10.6. The first-order chi connectivity index (χ1) is 15.6. The average molecular weight is 452 g/mol. The standard InChI is InChI=1S/C24H26FN5OS/c1-3-12-30-18(2)26-27-24(30)32-17-19-8-4-5-9-20(19)23(31)29-15-13-28(14-16-29)22-11-7-6-10-21(22)25/h3-11H,1,12-17H2,2H3. The molecule has 0 N–H and O–H groups in total. The molecular weight excluding hydrogens is 425 g/mol. The largest absolute Gasteiger partial charge is 0.366 e. The predicted octanol–water partition coefficient (Wildman–Crippen LogP) is 4.17. The minimum atomic E-state index is -0.228. The molecule has 1 aliphatic rings. The minimum Gasteiger partial charge on any atom is -0.366 e. The van der Waals surface area contributed by atoms with Gasteiger partial charge in [-0.1, -0.05) is 48.2 Å². The molecule has 6 nitrogen and oxygen atoms in total. The minimum absolute atomic E-state index is 0.0122. The molecule has 0 radical (unpaired) electrons. The summed E-state index contributed by atoms with van der Waals surface area (Å²) in [5.74, 6) is 1.24. The van der Waals surface area contributed by atoms with Gasteiger partial charge < -0.3 is 14.4 Å². The van der Waals surface area contributed by atoms with Crippen LogP contribution >= 0.6 is 11.8 Å². The van der Waals surface area contributed by atoms with Crippen molar-refractivity contribution in [2.24, 2.45) is 0 Å². The van der Waals surface area contributed by atoms with E-state index >= 15 is 0 Å². The summed E-state index contributed by atoms with van der Waals surface area (Å²) >= 11 is 1.56. The van der Waals surface area contributed by atoms with Crippen LogP contribution in [0.1, 0.15) is 21.7 Å². The lowest BCUT2D eigenvalue weighted by Gasteiger charge is -2.36. The molecular formula is C24H26FN5OS. The van der Waals surface area contributed by atoms with Gasteiger partial charge in [-0.3, -0.25) is 4.79 Å². The Kier molecular flexibility index (Phi) is 6.90. The summed E-state index contributed by atoms with van der Waals surface area (Å²) in [7, 11) is 0. The van der Waals surface area contributed by atoms with Gasteiger partial charge >= 0.3 is 0 Å². The molecule has 8 heteroatoms. The highest BCUT2D eigenvalue weighted by atomic mass is 32.2. The average Bonchev–Trinajstić information content (AvgIpc) is 3.17. The molecule has 1 amide bonds. The van der Waals surface area contributed by atoms with E-state index in [0.717, 1.165) is 16.5 Å². The molecule has 2 aromatic carbocycles. The van der Waals surface area contributed by atoms with Crippen LogP contribution in [0.3, 0.4) is 0 Å². The lowest BCUT2D eigenvalue weighted by molar-refractivity contribution is 0.0746. The van der Waals surface area contributed by atoms with Crippen molar-refractivity contribution >= 4 is 23.4 Å². The molecule has 0 unspecified atom stereocenters. The SMILES string of the molecule is C=CCn1c(C)nnc1SCc1ccccc1C(=O)N1CCN(c2ccccc2F)CC1. The van der Waals surface area contributed by atoms with Crippen molar-refractivity contribution in [1.82, 2.24) is 19.7 Å². The van der Waals surface area contributed by atoms with Gasteiger partial charge in [0.05, 0.1) is 5.69 Å². The number of hydrogen-bond donors (Lipinski definition) is 0. The van der Waals surface area contributed by atoms with Gasteiger partial charge in [0.15, 0.2) is 5.16 Å². The third kappa shape index (κ3) is 4.70. The van der Waals surface area contributed by atoms with E-state index in [-0.39, 0.29) is 11.7 Å². The van der Waals surface area contributed by atoms with E-state index in [2.05, 4.69) is 16.8 Å². The Hall–Kier alpha value is -3.13. The van der Waals surface area contributed by atoms with Crippen molar-refractivity contribution in [1.29, 1.82) is 0 Å². The molecule has 1 fully saturated rings. The number of thioether (sulfide) groups is 1. The van der Waals surface area contributed by atoms with Crippen LogP contribution in [0.2, 0.25) is 0 Å². The Morgan fingerprint density at radius 3 is 2.56 bits per heavy atom. The first-order valence-corrected chi connectivity index (χ1v) is 11.6. The topological polar surface area (TPSA) is 54.3 Å². The number of aromatic nitrogens is 3. The number of allylic oxidation sites excluding steroid dienone is 1. The second-order valence-electron chi connectivity index (χ2n) is 7.61. The van der Waals surface area contributed by atoms with E-state index in [9.17, 15) is 9.18 Å². The van der Waals surface area contributed by atoms with Crippen molar-refractivity contribution in [2.45, 2.75) is 24.4 Å². The summed E-state index contributed by atoms with van der Waals surface area (Å²) in [5.41, 5.74) is 2.26. The van der Waals surface area contributed by atoms with Crippen molar-refractivity contribution in [2.75, 3.05) is 31.1 Å². The summed E-state index contributed by atoms with van der Waals surface area (Å²) in [6.45, 7) is 8.68. The van der Waals surface area contributed by atoms with Crippen LogP contribution < -0.4 is 4.90 Å². The summed E-state index contributed by atoms with van der Waals surface area (Å²) in [5, 5.41) is 9.22. The van der Waals surface area contributed by atoms with Crippen molar-refractivity contribution < 1.29 is 9.18 Å². The number of nitrogens with zero attached hydrogens (tertiary/aromatic N) is 5.